The Labute approximate surface area is 226 Å². The predicted octanol–water partition coefficient (Wildman–Crippen LogP) is 3.91. The highest BCUT2D eigenvalue weighted by Gasteiger charge is 2.37. The highest BCUT2D eigenvalue weighted by molar-refractivity contribution is 6.36. The van der Waals surface area contributed by atoms with E-state index in [0.717, 1.165) is 16.0 Å². The van der Waals surface area contributed by atoms with Crippen LogP contribution in [0.3, 0.4) is 0 Å². The van der Waals surface area contributed by atoms with Crippen LogP contribution in [-0.2, 0) is 6.54 Å². The number of pyridine rings is 1. The van der Waals surface area contributed by atoms with Gasteiger partial charge in [0.2, 0.25) is 0 Å². The minimum Gasteiger partial charge on any atom is -0.365 e. The zero-order chi connectivity index (χ0) is 27.9. The Morgan fingerprint density at radius 2 is 2.00 bits per heavy atom. The van der Waals surface area contributed by atoms with Gasteiger partial charge in [0.1, 0.15) is 18.0 Å². The van der Waals surface area contributed by atoms with Crippen molar-refractivity contribution >= 4 is 63.5 Å². The van der Waals surface area contributed by atoms with E-state index < -0.39 is 30.1 Å². The molecule has 0 saturated heterocycles. The predicted molar refractivity (Wildman–Crippen MR) is 136 cm³/mol. The van der Waals surface area contributed by atoms with Crippen LogP contribution < -0.4 is 11.1 Å². The average Bonchev–Trinajstić information content (AvgIpc) is 3.51. The third-order valence-corrected chi connectivity index (χ3v) is 6.07. The Morgan fingerprint density at radius 3 is 2.72 bits per heavy atom. The lowest BCUT2D eigenvalue weighted by molar-refractivity contribution is -0.0617. The number of primary amides is 1. The number of hydrogen-bond donors (Lipinski definition) is 3. The van der Waals surface area contributed by atoms with Crippen LogP contribution in [-0.4, -0.2) is 60.0 Å². The zero-order valence-corrected chi connectivity index (χ0v) is 20.9. The summed E-state index contributed by atoms with van der Waals surface area (Å²) in [5.41, 5.74) is 4.55. The number of aromatic nitrogens is 5. The monoisotopic (exact) mass is 578 g/mol. The summed E-state index contributed by atoms with van der Waals surface area (Å²) in [6, 6.07) is 5.84. The molecule has 4 heterocycles. The summed E-state index contributed by atoms with van der Waals surface area (Å²) in [7, 11) is 0. The topological polar surface area (TPSA) is 160 Å². The number of carbonyl (C=O) groups is 2. The van der Waals surface area contributed by atoms with Gasteiger partial charge in [-0.25, -0.2) is 9.67 Å². The first-order valence-corrected chi connectivity index (χ1v) is 11.7. The lowest BCUT2D eigenvalue weighted by Gasteiger charge is -2.19. The van der Waals surface area contributed by atoms with E-state index >= 15 is 0 Å². The Morgan fingerprint density at radius 1 is 1.21 bits per heavy atom. The largest absolute Gasteiger partial charge is 0.431 e. The molecule has 0 radical (unpaired) electrons. The molecule has 0 spiro atoms. The number of halogens is 5. The molecule has 12 nitrogen and oxygen atoms in total. The summed E-state index contributed by atoms with van der Waals surface area (Å²) in [4.78, 5) is 29.9. The van der Waals surface area contributed by atoms with E-state index in [2.05, 4.69) is 35.8 Å². The number of hydrogen-bond acceptors (Lipinski definition) is 8. The number of fused-ring (bicyclic) bond motifs is 1. The Bertz CT molecular complexity index is 1680. The standard InChI is InChI=1S/C22H15Cl2F3N10O2/c23-12-2-1-4-29-20(12)37-14(7-11(34-37)9-36-31-5-3-15(35-36)22(25,26)27)21(39)32-18-13(24)6-10-8-30-33-17(10)16(18)19(28)38/h1-2,4-8H,3,9H2,(H2,28,38)(H,30,33)(H,32,39). The molecule has 4 N–H and O–H groups in total. The van der Waals surface area contributed by atoms with Gasteiger partial charge in [0.05, 0.1) is 38.7 Å². The molecule has 0 fully saturated rings. The number of rotatable bonds is 6. The number of hydrazone groups is 2. The van der Waals surface area contributed by atoms with Gasteiger partial charge >= 0.3 is 6.18 Å². The summed E-state index contributed by atoms with van der Waals surface area (Å²) in [5, 5.41) is 22.2. The maximum Gasteiger partial charge on any atom is 0.431 e. The smallest absolute Gasteiger partial charge is 0.365 e. The molecular formula is C22H15Cl2F3N10O2. The Kier molecular flexibility index (Phi) is 6.69. The number of nitrogens with one attached hydrogen (secondary N) is 2. The number of alkyl halides is 3. The molecular weight excluding hydrogens is 564 g/mol. The number of amides is 2. The summed E-state index contributed by atoms with van der Waals surface area (Å²) >= 11 is 12.6. The summed E-state index contributed by atoms with van der Waals surface area (Å²) in [6.07, 6.45) is -1.21. The third kappa shape index (κ3) is 5.13. The third-order valence-electron chi connectivity index (χ3n) is 5.47. The van der Waals surface area contributed by atoms with E-state index in [1.807, 2.05) is 0 Å². The average molecular weight is 579 g/mol. The van der Waals surface area contributed by atoms with Gasteiger partial charge in [0.15, 0.2) is 5.82 Å². The first kappa shape index (κ1) is 26.1. The molecule has 5 rings (SSSR count). The van der Waals surface area contributed by atoms with Gasteiger partial charge in [-0.05, 0) is 24.3 Å². The van der Waals surface area contributed by atoms with Crippen LogP contribution in [0.25, 0.3) is 16.7 Å². The number of aromatic amines is 1. The molecule has 1 aliphatic heterocycles. The molecule has 0 aliphatic carbocycles. The van der Waals surface area contributed by atoms with Crippen LogP contribution in [0.1, 0.15) is 33.0 Å². The van der Waals surface area contributed by atoms with Crippen LogP contribution in [0.4, 0.5) is 18.9 Å². The van der Waals surface area contributed by atoms with Gasteiger partial charge in [-0.2, -0.15) is 38.7 Å². The molecule has 0 atom stereocenters. The molecule has 17 heteroatoms. The van der Waals surface area contributed by atoms with E-state index in [9.17, 15) is 22.8 Å². The fourth-order valence-electron chi connectivity index (χ4n) is 3.79. The van der Waals surface area contributed by atoms with E-state index in [-0.39, 0.29) is 50.6 Å². The zero-order valence-electron chi connectivity index (χ0n) is 19.4. The molecule has 0 bridgehead atoms. The number of nitrogens with two attached hydrogens (primary N) is 1. The molecule has 2 amide bonds. The summed E-state index contributed by atoms with van der Waals surface area (Å²) < 4.78 is 40.5. The number of benzene rings is 1. The number of carbonyl (C=O) groups excluding carboxylic acids is 2. The van der Waals surface area contributed by atoms with Crippen LogP contribution in [0.15, 0.2) is 46.9 Å². The van der Waals surface area contributed by atoms with Crippen molar-refractivity contribution in [2.45, 2.75) is 19.1 Å². The second-order valence-corrected chi connectivity index (χ2v) is 8.89. The fourth-order valence-corrected chi connectivity index (χ4v) is 4.25. The van der Waals surface area contributed by atoms with Gasteiger partial charge in [-0.15, -0.1) is 0 Å². The van der Waals surface area contributed by atoms with Crippen molar-refractivity contribution < 1.29 is 22.8 Å². The maximum absolute atomic E-state index is 13.5. The maximum atomic E-state index is 13.5. The molecule has 0 saturated carbocycles. The fraction of sp³-hybridized carbons (Fsp3) is 0.136. The summed E-state index contributed by atoms with van der Waals surface area (Å²) in [5.74, 6) is -1.63. The molecule has 1 aromatic carbocycles. The first-order chi connectivity index (χ1) is 18.5. The molecule has 39 heavy (non-hydrogen) atoms. The lowest BCUT2D eigenvalue weighted by Crippen LogP contribution is -2.29. The van der Waals surface area contributed by atoms with Crippen molar-refractivity contribution in [1.29, 1.82) is 0 Å². The molecule has 4 aromatic rings. The van der Waals surface area contributed by atoms with Gasteiger partial charge in [-0.3, -0.25) is 14.7 Å². The van der Waals surface area contributed by atoms with Crippen molar-refractivity contribution in [3.63, 3.8) is 0 Å². The first-order valence-electron chi connectivity index (χ1n) is 10.9. The van der Waals surface area contributed by atoms with E-state index in [1.165, 1.54) is 30.6 Å². The Hall–Kier alpha value is -4.50. The van der Waals surface area contributed by atoms with Crippen molar-refractivity contribution in [2.75, 3.05) is 5.32 Å². The van der Waals surface area contributed by atoms with Crippen molar-refractivity contribution in [2.24, 2.45) is 15.9 Å². The number of nitrogens with zero attached hydrogens (tertiary/aromatic N) is 7. The van der Waals surface area contributed by atoms with Crippen molar-refractivity contribution in [1.82, 2.24) is 30.1 Å². The number of H-pyrrole nitrogens is 1. The van der Waals surface area contributed by atoms with Crippen molar-refractivity contribution in [3.05, 3.63) is 63.7 Å². The van der Waals surface area contributed by atoms with Gasteiger partial charge in [-0.1, -0.05) is 23.2 Å². The number of anilines is 1. The minimum atomic E-state index is -4.64. The van der Waals surface area contributed by atoms with E-state index in [4.69, 9.17) is 28.9 Å². The van der Waals surface area contributed by atoms with Crippen LogP contribution >= 0.6 is 23.2 Å². The molecule has 1 aliphatic rings. The van der Waals surface area contributed by atoms with Crippen LogP contribution in [0.2, 0.25) is 10.0 Å². The van der Waals surface area contributed by atoms with Crippen molar-refractivity contribution in [3.8, 4) is 5.82 Å². The second kappa shape index (κ2) is 9.99. The molecule has 3 aromatic heterocycles. The highest BCUT2D eigenvalue weighted by Crippen LogP contribution is 2.33. The van der Waals surface area contributed by atoms with Gasteiger partial charge in [0, 0.05) is 24.2 Å². The highest BCUT2D eigenvalue weighted by atomic mass is 35.5. The van der Waals surface area contributed by atoms with Gasteiger partial charge in [0.25, 0.3) is 11.8 Å². The second-order valence-electron chi connectivity index (χ2n) is 8.08. The molecule has 200 valence electrons. The quantitative estimate of drug-likeness (QED) is 0.314. The lowest BCUT2D eigenvalue weighted by atomic mass is 10.1. The normalized spacial score (nSPS) is 13.6. The van der Waals surface area contributed by atoms with Gasteiger partial charge < -0.3 is 11.1 Å². The summed E-state index contributed by atoms with van der Waals surface area (Å²) in [6.45, 7) is -0.318. The van der Waals surface area contributed by atoms with E-state index in [1.54, 1.807) is 6.07 Å². The van der Waals surface area contributed by atoms with Crippen LogP contribution in [0.5, 0.6) is 0 Å². The Balaban J connectivity index is 1.55. The molecule has 0 unspecified atom stereocenters. The SMILES string of the molecule is NC(=O)c1c(NC(=O)c2cc(CN3N=CCC(C(F)(F)F)=N3)nn2-c2ncccc2Cl)c(Cl)cc2cn[nH]c12. The minimum absolute atomic E-state index is 0.00452. The van der Waals surface area contributed by atoms with E-state index in [0.29, 0.717) is 5.39 Å². The van der Waals surface area contributed by atoms with Crippen LogP contribution in [0, 0.1) is 0 Å².